The first-order valence-corrected chi connectivity index (χ1v) is 4.41. The van der Waals surface area contributed by atoms with Crippen LogP contribution in [0.25, 0.3) is 0 Å². The van der Waals surface area contributed by atoms with Gasteiger partial charge in [-0.15, -0.1) is 0 Å². The Labute approximate surface area is 87.0 Å². The van der Waals surface area contributed by atoms with Crippen molar-refractivity contribution in [3.05, 3.63) is 28.8 Å². The molecule has 0 heterocycles. The molecule has 0 aromatic heterocycles. The van der Waals surface area contributed by atoms with Crippen molar-refractivity contribution in [1.29, 1.82) is 0 Å². The lowest BCUT2D eigenvalue weighted by molar-refractivity contribution is -0.133. The Morgan fingerprint density at radius 2 is 2.36 bits per heavy atom. The fourth-order valence-electron chi connectivity index (χ4n) is 0.932. The number of carbonyl (C=O) groups excluding carboxylic acids is 1. The molecule has 0 atom stereocenters. The molecule has 0 spiro atoms. The Bertz CT molecular complexity index is 342. The number of hydrazine groups is 1. The molecule has 0 saturated carbocycles. The normalized spacial score (nSPS) is 9.93. The highest BCUT2D eigenvalue weighted by atomic mass is 35.5. The maximum atomic E-state index is 11.0. The lowest BCUT2D eigenvalue weighted by Crippen LogP contribution is -2.31. The third-order valence-electron chi connectivity index (χ3n) is 1.61. The highest BCUT2D eigenvalue weighted by Gasteiger charge is 2.04. The molecule has 0 aliphatic rings. The van der Waals surface area contributed by atoms with E-state index in [2.05, 4.69) is 5.43 Å². The summed E-state index contributed by atoms with van der Waals surface area (Å²) in [6.07, 6.45) is 0. The first kappa shape index (κ1) is 11.0. The third-order valence-corrected chi connectivity index (χ3v) is 2.03. The van der Waals surface area contributed by atoms with Gasteiger partial charge in [-0.3, -0.25) is 10.6 Å². The number of hydrogen-bond donors (Lipinski definition) is 2. The van der Waals surface area contributed by atoms with E-state index in [9.17, 15) is 4.79 Å². The van der Waals surface area contributed by atoms with E-state index in [0.29, 0.717) is 10.8 Å². The van der Waals surface area contributed by atoms with Crippen LogP contribution < -0.4 is 16.0 Å². The fourth-order valence-corrected chi connectivity index (χ4v) is 1.05. The van der Waals surface area contributed by atoms with Crippen molar-refractivity contribution in [3.63, 3.8) is 0 Å². The van der Waals surface area contributed by atoms with E-state index in [-0.39, 0.29) is 6.54 Å². The van der Waals surface area contributed by atoms with Gasteiger partial charge in [0.1, 0.15) is 12.3 Å². The summed E-state index contributed by atoms with van der Waals surface area (Å²) in [6, 6.07) is 5.00. The molecule has 0 radical (unpaired) electrons. The summed E-state index contributed by atoms with van der Waals surface area (Å²) in [7, 11) is 0. The van der Waals surface area contributed by atoms with Crippen LogP contribution in [0.3, 0.4) is 0 Å². The molecular weight excluding hydrogens is 204 g/mol. The number of nitrogens with two attached hydrogens (primary N) is 1. The van der Waals surface area contributed by atoms with Crippen LogP contribution in [-0.4, -0.2) is 12.5 Å². The summed E-state index contributed by atoms with van der Waals surface area (Å²) in [5.74, 6) is 4.99. The van der Waals surface area contributed by atoms with E-state index in [4.69, 9.17) is 22.2 Å². The molecule has 1 aromatic carbocycles. The summed E-state index contributed by atoms with van der Waals surface area (Å²) < 4.78 is 4.95. The van der Waals surface area contributed by atoms with E-state index in [0.717, 1.165) is 5.56 Å². The van der Waals surface area contributed by atoms with Gasteiger partial charge in [-0.05, 0) is 30.7 Å². The van der Waals surface area contributed by atoms with Gasteiger partial charge < -0.3 is 4.74 Å². The van der Waals surface area contributed by atoms with Gasteiger partial charge in [0.15, 0.2) is 0 Å². The lowest BCUT2D eigenvalue weighted by atomic mass is 10.2. The Balaban J connectivity index is 2.68. The van der Waals surface area contributed by atoms with Gasteiger partial charge in [-0.2, -0.15) is 0 Å². The maximum absolute atomic E-state index is 11.0. The molecule has 0 amide bonds. The average Bonchev–Trinajstić information content (AvgIpc) is 2.12. The number of benzene rings is 1. The van der Waals surface area contributed by atoms with Crippen LogP contribution in [0.5, 0.6) is 5.75 Å². The number of hydrogen-bond acceptors (Lipinski definition) is 4. The topological polar surface area (TPSA) is 64.3 Å². The van der Waals surface area contributed by atoms with Crippen LogP contribution >= 0.6 is 11.6 Å². The molecule has 14 heavy (non-hydrogen) atoms. The van der Waals surface area contributed by atoms with E-state index in [1.165, 1.54) is 0 Å². The van der Waals surface area contributed by atoms with Crippen LogP contribution in [0.15, 0.2) is 18.2 Å². The second-order valence-electron chi connectivity index (χ2n) is 2.77. The molecule has 1 rings (SSSR count). The molecule has 76 valence electrons. The molecule has 0 aliphatic carbocycles. The van der Waals surface area contributed by atoms with Crippen molar-refractivity contribution in [2.24, 2.45) is 5.84 Å². The van der Waals surface area contributed by atoms with Crippen molar-refractivity contribution in [2.75, 3.05) is 6.54 Å². The predicted molar refractivity (Wildman–Crippen MR) is 54.0 cm³/mol. The molecule has 0 fully saturated rings. The minimum Gasteiger partial charge on any atom is -0.426 e. The number of halogens is 1. The molecule has 0 bridgehead atoms. The molecule has 5 heteroatoms. The standard InChI is InChI=1S/C9H11ClN2O2/c1-6-4-7(2-3-8(6)10)14-9(13)5-12-11/h2-4,12H,5,11H2,1H3. The average molecular weight is 215 g/mol. The fraction of sp³-hybridized carbons (Fsp3) is 0.222. The van der Waals surface area contributed by atoms with Gasteiger partial charge in [0.2, 0.25) is 0 Å². The molecule has 0 aliphatic heterocycles. The largest absolute Gasteiger partial charge is 0.426 e. The van der Waals surface area contributed by atoms with Crippen LogP contribution in [0.2, 0.25) is 5.02 Å². The first-order chi connectivity index (χ1) is 6.63. The summed E-state index contributed by atoms with van der Waals surface area (Å²) in [5.41, 5.74) is 3.07. The van der Waals surface area contributed by atoms with Gasteiger partial charge >= 0.3 is 5.97 Å². The lowest BCUT2D eigenvalue weighted by Gasteiger charge is -2.05. The molecule has 1 aromatic rings. The van der Waals surface area contributed by atoms with Crippen molar-refractivity contribution < 1.29 is 9.53 Å². The SMILES string of the molecule is Cc1cc(OC(=O)CNN)ccc1Cl. The summed E-state index contributed by atoms with van der Waals surface area (Å²) in [6.45, 7) is 1.81. The highest BCUT2D eigenvalue weighted by molar-refractivity contribution is 6.31. The van der Waals surface area contributed by atoms with E-state index in [1.54, 1.807) is 18.2 Å². The number of aryl methyl sites for hydroxylation is 1. The van der Waals surface area contributed by atoms with Crippen molar-refractivity contribution >= 4 is 17.6 Å². The summed E-state index contributed by atoms with van der Waals surface area (Å²) in [4.78, 5) is 11.0. The number of ether oxygens (including phenoxy) is 1. The number of nitrogens with one attached hydrogen (secondary N) is 1. The van der Waals surface area contributed by atoms with Gasteiger partial charge in [-0.1, -0.05) is 11.6 Å². The Kier molecular flexibility index (Phi) is 3.88. The van der Waals surface area contributed by atoms with Crippen LogP contribution in [-0.2, 0) is 4.79 Å². The van der Waals surface area contributed by atoms with Gasteiger partial charge in [0.05, 0.1) is 0 Å². The molecule has 0 unspecified atom stereocenters. The van der Waals surface area contributed by atoms with E-state index < -0.39 is 5.97 Å². The van der Waals surface area contributed by atoms with Crippen molar-refractivity contribution in [1.82, 2.24) is 5.43 Å². The van der Waals surface area contributed by atoms with E-state index in [1.807, 2.05) is 6.92 Å². The zero-order valence-electron chi connectivity index (χ0n) is 7.71. The maximum Gasteiger partial charge on any atom is 0.326 e. The molecular formula is C9H11ClN2O2. The predicted octanol–water partition coefficient (Wildman–Crippen LogP) is 1.02. The Morgan fingerprint density at radius 1 is 1.64 bits per heavy atom. The molecule has 4 nitrogen and oxygen atoms in total. The van der Waals surface area contributed by atoms with Crippen LogP contribution in [0.4, 0.5) is 0 Å². The van der Waals surface area contributed by atoms with Crippen molar-refractivity contribution in [2.45, 2.75) is 6.92 Å². The number of esters is 1. The smallest absolute Gasteiger partial charge is 0.326 e. The third kappa shape index (κ3) is 2.99. The summed E-state index contributed by atoms with van der Waals surface area (Å²) >= 11 is 5.81. The van der Waals surface area contributed by atoms with Gasteiger partial charge in [-0.25, -0.2) is 5.43 Å². The monoisotopic (exact) mass is 214 g/mol. The molecule has 3 N–H and O–H groups in total. The second kappa shape index (κ2) is 4.95. The van der Waals surface area contributed by atoms with Crippen LogP contribution in [0.1, 0.15) is 5.56 Å². The number of carbonyl (C=O) groups is 1. The van der Waals surface area contributed by atoms with Gasteiger partial charge in [0.25, 0.3) is 0 Å². The van der Waals surface area contributed by atoms with Crippen LogP contribution in [0, 0.1) is 6.92 Å². The summed E-state index contributed by atoms with van der Waals surface area (Å²) in [5, 5.41) is 0.641. The zero-order valence-corrected chi connectivity index (χ0v) is 8.47. The number of rotatable bonds is 3. The highest BCUT2D eigenvalue weighted by Crippen LogP contribution is 2.20. The first-order valence-electron chi connectivity index (χ1n) is 4.04. The van der Waals surface area contributed by atoms with E-state index >= 15 is 0 Å². The second-order valence-corrected chi connectivity index (χ2v) is 3.17. The molecule has 0 saturated heterocycles. The van der Waals surface area contributed by atoms with Gasteiger partial charge in [0, 0.05) is 5.02 Å². The zero-order chi connectivity index (χ0) is 10.6. The quantitative estimate of drug-likeness (QED) is 0.341. The minimum absolute atomic E-state index is 0.0261. The Hall–Kier alpha value is -1.10. The van der Waals surface area contributed by atoms with Crippen molar-refractivity contribution in [3.8, 4) is 5.75 Å². The minimum atomic E-state index is -0.436. The Morgan fingerprint density at radius 3 is 2.93 bits per heavy atom.